The highest BCUT2D eigenvalue weighted by atomic mass is 16.3. The fourth-order valence-electron chi connectivity index (χ4n) is 7.56. The van der Waals surface area contributed by atoms with E-state index < -0.39 is 0 Å². The third-order valence-electron chi connectivity index (χ3n) is 10.3. The minimum absolute atomic E-state index is 0.448. The summed E-state index contributed by atoms with van der Waals surface area (Å²) in [6.45, 7) is 0. The molecule has 7 aromatic carbocycles. The number of nitrogens with zero attached hydrogens (tertiary/aromatic N) is 2. The lowest BCUT2D eigenvalue weighted by Gasteiger charge is -2.26. The molecule has 0 fully saturated rings. The van der Waals surface area contributed by atoms with Gasteiger partial charge in [0.1, 0.15) is 11.2 Å². The molecule has 0 amide bonds. The van der Waals surface area contributed by atoms with Crippen molar-refractivity contribution in [2.75, 3.05) is 0 Å². The molecular formula is C51H34N4O. The SMILES string of the molecule is N=C(/C(=C1\NC(c2cccc(-c3nc(-c4ccccc4)cc(-c4ccc5c(c4)oc4ccccc45)n3)c2)=Cc2ccccc21)c1ccccc1)c1ccccc1. The van der Waals surface area contributed by atoms with Crippen LogP contribution in [0, 0.1) is 5.41 Å². The van der Waals surface area contributed by atoms with E-state index in [9.17, 15) is 5.41 Å². The summed E-state index contributed by atoms with van der Waals surface area (Å²) in [5, 5.41) is 15.5. The lowest BCUT2D eigenvalue weighted by Crippen LogP contribution is -2.20. The second-order valence-electron chi connectivity index (χ2n) is 13.8. The molecule has 56 heavy (non-hydrogen) atoms. The molecule has 264 valence electrons. The van der Waals surface area contributed by atoms with Gasteiger partial charge in [-0.25, -0.2) is 9.97 Å². The van der Waals surface area contributed by atoms with Gasteiger partial charge in [-0.2, -0.15) is 0 Å². The monoisotopic (exact) mass is 718 g/mol. The number of benzene rings is 7. The van der Waals surface area contributed by atoms with Gasteiger partial charge < -0.3 is 9.73 Å². The second-order valence-corrected chi connectivity index (χ2v) is 13.8. The summed E-state index contributed by atoms with van der Waals surface area (Å²) in [5.41, 5.74) is 14.2. The highest BCUT2D eigenvalue weighted by Gasteiger charge is 2.24. The van der Waals surface area contributed by atoms with Gasteiger partial charge in [-0.05, 0) is 53.1 Å². The van der Waals surface area contributed by atoms with Crippen molar-refractivity contribution < 1.29 is 4.42 Å². The van der Waals surface area contributed by atoms with E-state index in [1.807, 2.05) is 84.9 Å². The molecule has 0 unspecified atom stereocenters. The van der Waals surface area contributed by atoms with Crippen LogP contribution in [0.1, 0.15) is 27.8 Å². The first-order valence-electron chi connectivity index (χ1n) is 18.7. The molecule has 5 heteroatoms. The molecule has 5 nitrogen and oxygen atoms in total. The minimum Gasteiger partial charge on any atom is -0.456 e. The molecule has 0 spiro atoms. The molecule has 0 saturated carbocycles. The molecule has 0 aliphatic carbocycles. The number of rotatable bonds is 7. The number of hydrogen-bond donors (Lipinski definition) is 2. The topological polar surface area (TPSA) is 74.8 Å². The maximum Gasteiger partial charge on any atom is 0.160 e. The van der Waals surface area contributed by atoms with Crippen molar-refractivity contribution in [3.05, 3.63) is 216 Å². The van der Waals surface area contributed by atoms with E-state index in [-0.39, 0.29) is 0 Å². The van der Waals surface area contributed by atoms with E-state index in [2.05, 4.69) is 115 Å². The van der Waals surface area contributed by atoms with Gasteiger partial charge in [0.25, 0.3) is 0 Å². The zero-order valence-corrected chi connectivity index (χ0v) is 30.3. The summed E-state index contributed by atoms with van der Waals surface area (Å²) in [6.07, 6.45) is 2.18. The van der Waals surface area contributed by atoms with Gasteiger partial charge in [0.05, 0.1) is 22.8 Å². The van der Waals surface area contributed by atoms with E-state index in [0.29, 0.717) is 11.5 Å². The van der Waals surface area contributed by atoms with E-state index >= 15 is 0 Å². The number of hydrogen-bond acceptors (Lipinski definition) is 5. The Hall–Kier alpha value is -7.63. The normalized spacial score (nSPS) is 13.2. The van der Waals surface area contributed by atoms with E-state index in [1.54, 1.807) is 0 Å². The molecule has 9 aromatic rings. The highest BCUT2D eigenvalue weighted by Crippen LogP contribution is 2.38. The van der Waals surface area contributed by atoms with Crippen LogP contribution >= 0.6 is 0 Å². The number of allylic oxidation sites excluding steroid dienone is 1. The summed E-state index contributed by atoms with van der Waals surface area (Å²) in [4.78, 5) is 10.3. The van der Waals surface area contributed by atoms with E-state index in [4.69, 9.17) is 14.4 Å². The fourth-order valence-corrected chi connectivity index (χ4v) is 7.56. The van der Waals surface area contributed by atoms with Crippen LogP contribution in [0.2, 0.25) is 0 Å². The number of nitrogens with one attached hydrogen (secondary N) is 2. The van der Waals surface area contributed by atoms with Crippen molar-refractivity contribution in [1.29, 1.82) is 5.41 Å². The van der Waals surface area contributed by atoms with Crippen LogP contribution in [0.3, 0.4) is 0 Å². The van der Waals surface area contributed by atoms with Gasteiger partial charge in [-0.3, -0.25) is 5.41 Å². The molecule has 2 aromatic heterocycles. The lowest BCUT2D eigenvalue weighted by molar-refractivity contribution is 0.669. The van der Waals surface area contributed by atoms with Crippen molar-refractivity contribution in [3.8, 4) is 33.9 Å². The Kier molecular flexibility index (Phi) is 8.23. The number of furan rings is 1. The highest BCUT2D eigenvalue weighted by molar-refractivity contribution is 6.36. The van der Waals surface area contributed by atoms with Crippen LogP contribution in [-0.2, 0) is 0 Å². The van der Waals surface area contributed by atoms with Crippen LogP contribution < -0.4 is 5.32 Å². The zero-order chi connectivity index (χ0) is 37.4. The fraction of sp³-hybridized carbons (Fsp3) is 0. The molecule has 1 aliphatic rings. The second kappa shape index (κ2) is 14.0. The Bertz CT molecular complexity index is 3000. The Morgan fingerprint density at radius 1 is 0.482 bits per heavy atom. The van der Waals surface area contributed by atoms with Crippen molar-refractivity contribution in [3.63, 3.8) is 0 Å². The predicted molar refractivity (Wildman–Crippen MR) is 230 cm³/mol. The molecule has 10 rings (SSSR count). The standard InChI is InChI=1S/C51H34N4O/c52-49(35-19-8-3-9-20-35)48(34-17-6-2-7-18-34)50-40-24-11-10-21-36(40)30-43(53-50)37-22-14-23-39(29-37)51-54-44(33-15-4-1-5-16-33)32-45(55-51)38-27-28-42-41-25-12-13-26-46(41)56-47(42)31-38/h1-32,52-53H/b50-48-,52-49?. The third-order valence-corrected chi connectivity index (χ3v) is 10.3. The molecule has 0 radical (unpaired) electrons. The average Bonchev–Trinajstić information content (AvgIpc) is 3.65. The van der Waals surface area contributed by atoms with E-state index in [0.717, 1.165) is 94.8 Å². The Morgan fingerprint density at radius 2 is 1.11 bits per heavy atom. The number of para-hydroxylation sites is 1. The minimum atomic E-state index is 0.448. The smallest absolute Gasteiger partial charge is 0.160 e. The van der Waals surface area contributed by atoms with Crippen molar-refractivity contribution in [2.45, 2.75) is 0 Å². The van der Waals surface area contributed by atoms with Gasteiger partial charge in [-0.1, -0.05) is 158 Å². The van der Waals surface area contributed by atoms with Gasteiger partial charge >= 0.3 is 0 Å². The van der Waals surface area contributed by atoms with Crippen LogP contribution in [0.4, 0.5) is 0 Å². The third kappa shape index (κ3) is 6.07. The molecule has 0 saturated heterocycles. The van der Waals surface area contributed by atoms with Crippen LogP contribution in [0.15, 0.2) is 192 Å². The lowest BCUT2D eigenvalue weighted by atomic mass is 9.88. The summed E-state index contributed by atoms with van der Waals surface area (Å²) in [7, 11) is 0. The number of fused-ring (bicyclic) bond motifs is 4. The van der Waals surface area contributed by atoms with Gasteiger partial charge in [0, 0.05) is 49.9 Å². The first-order valence-corrected chi connectivity index (χ1v) is 18.7. The maximum atomic E-state index is 9.53. The summed E-state index contributed by atoms with van der Waals surface area (Å²) in [5.74, 6) is 0.622. The summed E-state index contributed by atoms with van der Waals surface area (Å²) in [6, 6.07) is 63.6. The molecule has 0 atom stereocenters. The van der Waals surface area contributed by atoms with Crippen LogP contribution in [-0.4, -0.2) is 15.7 Å². The molecule has 0 bridgehead atoms. The van der Waals surface area contributed by atoms with Crippen molar-refractivity contribution in [2.24, 2.45) is 0 Å². The summed E-state index contributed by atoms with van der Waals surface area (Å²) >= 11 is 0. The Labute approximate surface area is 324 Å². The predicted octanol–water partition coefficient (Wildman–Crippen LogP) is 12.4. The quantitative estimate of drug-likeness (QED) is 0.161. The van der Waals surface area contributed by atoms with Crippen molar-refractivity contribution in [1.82, 2.24) is 15.3 Å². The number of aromatic nitrogens is 2. The molecule has 1 aliphatic heterocycles. The average molecular weight is 719 g/mol. The van der Waals surface area contributed by atoms with Gasteiger partial charge in [0.15, 0.2) is 5.82 Å². The van der Waals surface area contributed by atoms with Crippen molar-refractivity contribution >= 4 is 50.7 Å². The first kappa shape index (κ1) is 33.0. The summed E-state index contributed by atoms with van der Waals surface area (Å²) < 4.78 is 6.27. The zero-order valence-electron chi connectivity index (χ0n) is 30.3. The molecule has 3 heterocycles. The first-order chi connectivity index (χ1) is 27.7. The Balaban J connectivity index is 1.10. The largest absolute Gasteiger partial charge is 0.456 e. The van der Waals surface area contributed by atoms with Gasteiger partial charge in [0.2, 0.25) is 0 Å². The maximum absolute atomic E-state index is 9.53. The van der Waals surface area contributed by atoms with Crippen LogP contribution in [0.5, 0.6) is 0 Å². The Morgan fingerprint density at radius 3 is 1.91 bits per heavy atom. The van der Waals surface area contributed by atoms with Gasteiger partial charge in [-0.15, -0.1) is 0 Å². The van der Waals surface area contributed by atoms with Crippen LogP contribution in [0.25, 0.3) is 78.9 Å². The molecule has 2 N–H and O–H groups in total. The molecular weight excluding hydrogens is 685 g/mol. The van der Waals surface area contributed by atoms with E-state index in [1.165, 1.54) is 0 Å².